The van der Waals surface area contributed by atoms with Crippen LogP contribution in [0.4, 0.5) is 4.79 Å². The third kappa shape index (κ3) is 1.79. The predicted molar refractivity (Wildman–Crippen MR) is 66.0 cm³/mol. The number of carbonyl (C=O) groups is 3. The van der Waals surface area contributed by atoms with Crippen LogP contribution in [0, 0.1) is 5.41 Å². The molecule has 2 heterocycles. The summed E-state index contributed by atoms with van der Waals surface area (Å²) in [5, 5.41) is 6.34. The van der Waals surface area contributed by atoms with Crippen molar-refractivity contribution in [3.05, 3.63) is 12.2 Å². The molecule has 3 rings (SSSR count). The summed E-state index contributed by atoms with van der Waals surface area (Å²) in [7, 11) is 1.70. The van der Waals surface area contributed by atoms with Gasteiger partial charge >= 0.3 is 6.03 Å². The Morgan fingerprint density at radius 3 is 2.60 bits per heavy atom. The van der Waals surface area contributed by atoms with E-state index in [1.807, 2.05) is 0 Å². The van der Waals surface area contributed by atoms with Crippen LogP contribution < -0.4 is 5.32 Å². The molecule has 8 nitrogen and oxygen atoms in total. The highest BCUT2D eigenvalue weighted by molar-refractivity contribution is 6.19. The molecule has 1 N–H and O–H groups in total. The van der Waals surface area contributed by atoms with Crippen molar-refractivity contribution in [2.24, 2.45) is 12.5 Å². The van der Waals surface area contributed by atoms with E-state index in [4.69, 9.17) is 0 Å². The average molecular weight is 277 g/mol. The summed E-state index contributed by atoms with van der Waals surface area (Å²) in [4.78, 5) is 41.5. The van der Waals surface area contributed by atoms with Crippen molar-refractivity contribution >= 4 is 17.8 Å². The molecule has 8 heteroatoms. The Balaban J connectivity index is 1.88. The van der Waals surface area contributed by atoms with Crippen molar-refractivity contribution in [3.63, 3.8) is 0 Å². The van der Waals surface area contributed by atoms with Crippen LogP contribution in [0.25, 0.3) is 0 Å². The summed E-state index contributed by atoms with van der Waals surface area (Å²) in [6.45, 7) is -0.0134. The molecule has 0 atom stereocenters. The summed E-state index contributed by atoms with van der Waals surface area (Å²) in [6.07, 6.45) is 4.14. The molecule has 4 amide bonds. The molecule has 1 spiro atoms. The van der Waals surface area contributed by atoms with E-state index < -0.39 is 23.3 Å². The Morgan fingerprint density at radius 2 is 2.00 bits per heavy atom. The van der Waals surface area contributed by atoms with Gasteiger partial charge in [0.05, 0.1) is 6.54 Å². The molecule has 1 aliphatic carbocycles. The zero-order valence-electron chi connectivity index (χ0n) is 11.1. The molecule has 0 unspecified atom stereocenters. The average Bonchev–Trinajstić information content (AvgIpc) is 3.03. The molecular weight excluding hydrogens is 262 g/mol. The SMILES string of the molecule is Cn1cnc(CN2C(=O)NC(=O)C3(CCCC3)C2=O)n1. The van der Waals surface area contributed by atoms with Crippen LogP contribution in [0.2, 0.25) is 0 Å². The summed E-state index contributed by atoms with van der Waals surface area (Å²) in [5.74, 6) is -0.509. The number of imide groups is 2. The van der Waals surface area contributed by atoms with Crippen LogP contribution in [0.15, 0.2) is 6.33 Å². The maximum absolute atomic E-state index is 12.6. The topological polar surface area (TPSA) is 97.2 Å². The normalized spacial score (nSPS) is 21.6. The minimum Gasteiger partial charge on any atom is -0.277 e. The lowest BCUT2D eigenvalue weighted by Crippen LogP contribution is -2.62. The first-order chi connectivity index (χ1) is 9.53. The molecular formula is C12H15N5O3. The summed E-state index contributed by atoms with van der Waals surface area (Å²) in [5.41, 5.74) is -1.07. The Labute approximate surface area is 115 Å². The van der Waals surface area contributed by atoms with Crippen molar-refractivity contribution in [2.45, 2.75) is 32.2 Å². The molecule has 1 aliphatic heterocycles. The van der Waals surface area contributed by atoms with Gasteiger partial charge in [0.2, 0.25) is 11.8 Å². The number of rotatable bonds is 2. The van der Waals surface area contributed by atoms with Crippen molar-refractivity contribution in [3.8, 4) is 0 Å². The third-order valence-electron chi connectivity index (χ3n) is 3.96. The minimum absolute atomic E-state index is 0.0134. The number of hydrogen-bond donors (Lipinski definition) is 1. The monoisotopic (exact) mass is 277 g/mol. The maximum atomic E-state index is 12.6. The highest BCUT2D eigenvalue weighted by atomic mass is 16.2. The first-order valence-electron chi connectivity index (χ1n) is 6.55. The van der Waals surface area contributed by atoms with Gasteiger partial charge in [0.1, 0.15) is 11.7 Å². The standard InChI is InChI=1S/C12H15N5O3/c1-16-7-13-8(15-16)6-17-10(19)12(4-2-3-5-12)9(18)14-11(17)20/h7H,2-6H2,1H3,(H,14,18,20). The second kappa shape index (κ2) is 4.39. The molecule has 0 bridgehead atoms. The predicted octanol–water partition coefficient (Wildman–Crippen LogP) is -0.0461. The van der Waals surface area contributed by atoms with Crippen LogP contribution >= 0.6 is 0 Å². The Kier molecular flexibility index (Phi) is 2.81. The van der Waals surface area contributed by atoms with Crippen molar-refractivity contribution < 1.29 is 14.4 Å². The van der Waals surface area contributed by atoms with Gasteiger partial charge in [-0.25, -0.2) is 9.78 Å². The van der Waals surface area contributed by atoms with E-state index in [1.54, 1.807) is 7.05 Å². The van der Waals surface area contributed by atoms with E-state index in [0.29, 0.717) is 18.7 Å². The highest BCUT2D eigenvalue weighted by Gasteiger charge is 2.55. The van der Waals surface area contributed by atoms with Gasteiger partial charge in [0.25, 0.3) is 0 Å². The highest BCUT2D eigenvalue weighted by Crippen LogP contribution is 2.41. The van der Waals surface area contributed by atoms with Crippen LogP contribution in [-0.2, 0) is 23.2 Å². The van der Waals surface area contributed by atoms with Crippen molar-refractivity contribution in [2.75, 3.05) is 0 Å². The third-order valence-corrected chi connectivity index (χ3v) is 3.96. The van der Waals surface area contributed by atoms with Crippen LogP contribution in [0.1, 0.15) is 31.5 Å². The summed E-state index contributed by atoms with van der Waals surface area (Å²) in [6, 6.07) is -0.690. The first-order valence-corrected chi connectivity index (χ1v) is 6.55. The molecule has 1 saturated carbocycles. The Bertz CT molecular complexity index is 588. The van der Waals surface area contributed by atoms with Gasteiger partial charge in [0, 0.05) is 7.05 Å². The van der Waals surface area contributed by atoms with E-state index in [2.05, 4.69) is 15.4 Å². The van der Waals surface area contributed by atoms with Gasteiger partial charge in [-0.15, -0.1) is 0 Å². The van der Waals surface area contributed by atoms with Gasteiger partial charge < -0.3 is 0 Å². The molecule has 0 aromatic carbocycles. The molecule has 1 saturated heterocycles. The number of amides is 4. The molecule has 2 fully saturated rings. The largest absolute Gasteiger partial charge is 0.331 e. The summed E-state index contributed by atoms with van der Waals surface area (Å²) < 4.78 is 1.50. The maximum Gasteiger partial charge on any atom is 0.331 e. The van der Waals surface area contributed by atoms with Crippen LogP contribution in [0.5, 0.6) is 0 Å². The number of carbonyl (C=O) groups excluding carboxylic acids is 3. The summed E-state index contributed by atoms with van der Waals surface area (Å²) >= 11 is 0. The quantitative estimate of drug-likeness (QED) is 0.765. The zero-order valence-corrected chi connectivity index (χ0v) is 11.1. The number of hydrogen-bond acceptors (Lipinski definition) is 5. The van der Waals surface area contributed by atoms with Crippen molar-refractivity contribution in [1.82, 2.24) is 25.0 Å². The Hall–Kier alpha value is -2.25. The Morgan fingerprint density at radius 1 is 1.30 bits per heavy atom. The van der Waals surface area contributed by atoms with Gasteiger partial charge in [-0.3, -0.25) is 24.5 Å². The number of urea groups is 1. The molecule has 1 aromatic rings. The van der Waals surface area contributed by atoms with Gasteiger partial charge in [-0.05, 0) is 12.8 Å². The number of aryl methyl sites for hydroxylation is 1. The number of nitrogens with one attached hydrogen (secondary N) is 1. The fourth-order valence-electron chi connectivity index (χ4n) is 2.89. The molecule has 2 aliphatic rings. The number of aromatic nitrogens is 3. The minimum atomic E-state index is -1.07. The fourth-order valence-corrected chi connectivity index (χ4v) is 2.89. The van der Waals surface area contributed by atoms with E-state index in [1.165, 1.54) is 11.0 Å². The van der Waals surface area contributed by atoms with E-state index in [0.717, 1.165) is 17.7 Å². The van der Waals surface area contributed by atoms with Crippen LogP contribution in [-0.4, -0.2) is 37.5 Å². The zero-order chi connectivity index (χ0) is 14.3. The molecule has 20 heavy (non-hydrogen) atoms. The molecule has 1 aromatic heterocycles. The van der Waals surface area contributed by atoms with Gasteiger partial charge in [0.15, 0.2) is 5.82 Å². The second-order valence-corrected chi connectivity index (χ2v) is 5.27. The fraction of sp³-hybridized carbons (Fsp3) is 0.583. The first kappa shape index (κ1) is 12.8. The lowest BCUT2D eigenvalue weighted by atomic mass is 9.82. The lowest BCUT2D eigenvalue weighted by molar-refractivity contribution is -0.151. The van der Waals surface area contributed by atoms with E-state index in [-0.39, 0.29) is 6.54 Å². The van der Waals surface area contributed by atoms with E-state index >= 15 is 0 Å². The van der Waals surface area contributed by atoms with Crippen LogP contribution in [0.3, 0.4) is 0 Å². The van der Waals surface area contributed by atoms with Crippen molar-refractivity contribution in [1.29, 1.82) is 0 Å². The number of barbiturate groups is 1. The van der Waals surface area contributed by atoms with E-state index in [9.17, 15) is 14.4 Å². The lowest BCUT2D eigenvalue weighted by Gasteiger charge is -2.36. The van der Waals surface area contributed by atoms with Gasteiger partial charge in [-0.2, -0.15) is 5.10 Å². The van der Waals surface area contributed by atoms with Gasteiger partial charge in [-0.1, -0.05) is 12.8 Å². The smallest absolute Gasteiger partial charge is 0.277 e. The second-order valence-electron chi connectivity index (χ2n) is 5.27. The molecule has 106 valence electrons. The molecule has 0 radical (unpaired) electrons. The number of nitrogens with zero attached hydrogens (tertiary/aromatic N) is 4.